The summed E-state index contributed by atoms with van der Waals surface area (Å²) in [5.41, 5.74) is 2.89. The third-order valence-electron chi connectivity index (χ3n) is 2.20. The van der Waals surface area contributed by atoms with Crippen LogP contribution in [0.1, 0.15) is 24.2 Å². The first-order chi connectivity index (χ1) is 7.16. The van der Waals surface area contributed by atoms with Gasteiger partial charge in [-0.15, -0.1) is 4.91 Å². The van der Waals surface area contributed by atoms with Crippen molar-refractivity contribution < 1.29 is 4.79 Å². The van der Waals surface area contributed by atoms with Gasteiger partial charge in [-0.1, -0.05) is 44.2 Å². The summed E-state index contributed by atoms with van der Waals surface area (Å²) >= 11 is 0. The van der Waals surface area contributed by atoms with E-state index in [0.29, 0.717) is 5.56 Å². The van der Waals surface area contributed by atoms with E-state index in [1.54, 1.807) is 24.3 Å². The average Bonchev–Trinajstić information content (AvgIpc) is 2.26. The first kappa shape index (κ1) is 11.4. The lowest BCUT2D eigenvalue weighted by Crippen LogP contribution is -2.37. The van der Waals surface area contributed by atoms with Gasteiger partial charge in [0.2, 0.25) is 0 Å². The Bertz CT molecular complexity index is 336. The number of rotatable bonds is 5. The highest BCUT2D eigenvalue weighted by Gasteiger charge is 2.22. The molecule has 0 bridgehead atoms. The maximum atomic E-state index is 11.9. The molecule has 80 valence electrons. The molecule has 0 spiro atoms. The summed E-state index contributed by atoms with van der Waals surface area (Å²) in [6.07, 6.45) is 0. The second kappa shape index (κ2) is 5.24. The Morgan fingerprint density at radius 2 is 1.87 bits per heavy atom. The van der Waals surface area contributed by atoms with Crippen LogP contribution in [-0.4, -0.2) is 11.8 Å². The standard InChI is InChI=1S/C11H14N2O2/c1-8(2)10(12-13-15)11(14)9-6-4-3-5-7-9/h3-8,10H,1-2H3,(H,12,15). The monoisotopic (exact) mass is 206 g/mol. The summed E-state index contributed by atoms with van der Waals surface area (Å²) in [4.78, 5) is 22.1. The van der Waals surface area contributed by atoms with Crippen LogP contribution in [0, 0.1) is 10.8 Å². The van der Waals surface area contributed by atoms with Gasteiger partial charge in [0.25, 0.3) is 0 Å². The summed E-state index contributed by atoms with van der Waals surface area (Å²) in [7, 11) is 0. The summed E-state index contributed by atoms with van der Waals surface area (Å²) in [6, 6.07) is 8.32. The number of benzene rings is 1. The molecular formula is C11H14N2O2. The smallest absolute Gasteiger partial charge is 0.187 e. The number of nitroso groups, excluding NO2 is 1. The largest absolute Gasteiger partial charge is 0.292 e. The van der Waals surface area contributed by atoms with Gasteiger partial charge in [-0.2, -0.15) is 0 Å². The number of Topliss-reactive ketones (excluding diaryl/α,β-unsaturated/α-hetero) is 1. The molecule has 0 saturated heterocycles. The van der Waals surface area contributed by atoms with E-state index in [1.165, 1.54) is 0 Å². The molecule has 15 heavy (non-hydrogen) atoms. The normalized spacial score (nSPS) is 12.2. The molecule has 4 nitrogen and oxygen atoms in total. The summed E-state index contributed by atoms with van der Waals surface area (Å²) in [6.45, 7) is 3.73. The molecule has 0 aliphatic heterocycles. The van der Waals surface area contributed by atoms with Crippen LogP contribution in [0.2, 0.25) is 0 Å². The van der Waals surface area contributed by atoms with Crippen LogP contribution in [0.3, 0.4) is 0 Å². The Morgan fingerprint density at radius 3 is 2.33 bits per heavy atom. The molecule has 1 unspecified atom stereocenters. The molecular weight excluding hydrogens is 192 g/mol. The van der Waals surface area contributed by atoms with Gasteiger partial charge in [0.05, 0.1) is 5.29 Å². The molecule has 0 radical (unpaired) electrons. The minimum absolute atomic E-state index is 0.0235. The van der Waals surface area contributed by atoms with Crippen LogP contribution in [0.5, 0.6) is 0 Å². The molecule has 0 aliphatic rings. The number of ketones is 1. The Balaban J connectivity index is 2.86. The number of hydrogen-bond acceptors (Lipinski definition) is 3. The highest BCUT2D eigenvalue weighted by Crippen LogP contribution is 2.10. The SMILES string of the molecule is CC(C)C(NN=O)C(=O)c1ccccc1. The average molecular weight is 206 g/mol. The number of nitrogens with zero attached hydrogens (tertiary/aromatic N) is 1. The fourth-order valence-electron chi connectivity index (χ4n) is 1.35. The number of carbonyl (C=O) groups excluding carboxylic acids is 1. The van der Waals surface area contributed by atoms with Gasteiger partial charge in [-0.05, 0) is 5.92 Å². The van der Waals surface area contributed by atoms with Crippen molar-refractivity contribution in [2.24, 2.45) is 11.2 Å². The van der Waals surface area contributed by atoms with Crippen LogP contribution in [0.15, 0.2) is 35.6 Å². The predicted octanol–water partition coefficient (Wildman–Crippen LogP) is 2.16. The molecule has 1 atom stereocenters. The molecule has 0 heterocycles. The van der Waals surface area contributed by atoms with Crippen molar-refractivity contribution in [1.82, 2.24) is 5.43 Å². The van der Waals surface area contributed by atoms with Crippen molar-refractivity contribution in [3.63, 3.8) is 0 Å². The zero-order chi connectivity index (χ0) is 11.3. The van der Waals surface area contributed by atoms with Gasteiger partial charge in [-0.3, -0.25) is 10.2 Å². The second-order valence-corrected chi connectivity index (χ2v) is 3.67. The minimum Gasteiger partial charge on any atom is -0.292 e. The minimum atomic E-state index is -0.551. The van der Waals surface area contributed by atoms with Crippen molar-refractivity contribution in [3.05, 3.63) is 40.8 Å². The summed E-state index contributed by atoms with van der Waals surface area (Å²) in [5.74, 6) is -0.0828. The van der Waals surface area contributed by atoms with E-state index in [-0.39, 0.29) is 11.7 Å². The van der Waals surface area contributed by atoms with Crippen molar-refractivity contribution in [2.45, 2.75) is 19.9 Å². The molecule has 0 aliphatic carbocycles. The maximum absolute atomic E-state index is 11.9. The lowest BCUT2D eigenvalue weighted by Gasteiger charge is -2.17. The third kappa shape index (κ3) is 2.87. The summed E-state index contributed by atoms with van der Waals surface area (Å²) in [5, 5.41) is 2.58. The molecule has 0 fully saturated rings. The Labute approximate surface area is 88.6 Å². The molecule has 1 rings (SSSR count). The topological polar surface area (TPSA) is 58.5 Å². The molecule has 0 saturated carbocycles. The van der Waals surface area contributed by atoms with Crippen molar-refractivity contribution in [1.29, 1.82) is 0 Å². The Kier molecular flexibility index (Phi) is 3.97. The molecule has 1 aromatic carbocycles. The third-order valence-corrected chi connectivity index (χ3v) is 2.20. The Morgan fingerprint density at radius 1 is 1.27 bits per heavy atom. The predicted molar refractivity (Wildman–Crippen MR) is 58.3 cm³/mol. The van der Waals surface area contributed by atoms with Crippen LogP contribution in [0.4, 0.5) is 0 Å². The summed E-state index contributed by atoms with van der Waals surface area (Å²) < 4.78 is 0. The van der Waals surface area contributed by atoms with E-state index in [0.717, 1.165) is 0 Å². The van der Waals surface area contributed by atoms with Crippen molar-refractivity contribution in [3.8, 4) is 0 Å². The van der Waals surface area contributed by atoms with E-state index >= 15 is 0 Å². The number of hydrogen-bond donors (Lipinski definition) is 1. The first-order valence-electron chi connectivity index (χ1n) is 4.84. The van der Waals surface area contributed by atoms with E-state index < -0.39 is 6.04 Å². The Hall–Kier alpha value is -1.71. The van der Waals surface area contributed by atoms with E-state index in [2.05, 4.69) is 10.7 Å². The second-order valence-electron chi connectivity index (χ2n) is 3.67. The maximum Gasteiger partial charge on any atom is 0.187 e. The van der Waals surface area contributed by atoms with Crippen molar-refractivity contribution >= 4 is 5.78 Å². The molecule has 0 aromatic heterocycles. The fourth-order valence-corrected chi connectivity index (χ4v) is 1.35. The van der Waals surface area contributed by atoms with Gasteiger partial charge in [0, 0.05) is 5.56 Å². The van der Waals surface area contributed by atoms with Gasteiger partial charge >= 0.3 is 0 Å². The van der Waals surface area contributed by atoms with E-state index in [9.17, 15) is 9.70 Å². The zero-order valence-corrected chi connectivity index (χ0v) is 8.81. The number of nitrogens with one attached hydrogen (secondary N) is 1. The van der Waals surface area contributed by atoms with Crippen LogP contribution >= 0.6 is 0 Å². The lowest BCUT2D eigenvalue weighted by atomic mass is 9.96. The first-order valence-corrected chi connectivity index (χ1v) is 4.84. The lowest BCUT2D eigenvalue weighted by molar-refractivity contribution is 0.0917. The number of carbonyl (C=O) groups is 1. The molecule has 1 N–H and O–H groups in total. The quantitative estimate of drug-likeness (QED) is 0.456. The molecule has 4 heteroatoms. The van der Waals surface area contributed by atoms with Crippen LogP contribution in [0.25, 0.3) is 0 Å². The van der Waals surface area contributed by atoms with Gasteiger partial charge in [0.1, 0.15) is 6.04 Å². The highest BCUT2D eigenvalue weighted by molar-refractivity contribution is 6.00. The van der Waals surface area contributed by atoms with E-state index in [1.807, 2.05) is 19.9 Å². The molecule has 0 amide bonds. The van der Waals surface area contributed by atoms with Crippen LogP contribution in [-0.2, 0) is 0 Å². The van der Waals surface area contributed by atoms with Gasteiger partial charge < -0.3 is 0 Å². The fraction of sp³-hybridized carbons (Fsp3) is 0.364. The van der Waals surface area contributed by atoms with Crippen molar-refractivity contribution in [2.75, 3.05) is 0 Å². The highest BCUT2D eigenvalue weighted by atomic mass is 16.3. The van der Waals surface area contributed by atoms with E-state index in [4.69, 9.17) is 0 Å². The molecule has 1 aromatic rings. The van der Waals surface area contributed by atoms with Gasteiger partial charge in [-0.25, -0.2) is 0 Å². The van der Waals surface area contributed by atoms with Gasteiger partial charge in [0.15, 0.2) is 5.78 Å². The van der Waals surface area contributed by atoms with Crippen LogP contribution < -0.4 is 5.43 Å². The zero-order valence-electron chi connectivity index (χ0n) is 8.81.